The Balaban J connectivity index is 1.31. The molecule has 6 rings (SSSR count). The van der Waals surface area contributed by atoms with E-state index in [0.717, 1.165) is 59.7 Å². The molecule has 1 amide bonds. The van der Waals surface area contributed by atoms with Crippen LogP contribution in [0.4, 0.5) is 5.69 Å². The number of fused-ring (bicyclic) bond motifs is 2. The third-order valence-electron chi connectivity index (χ3n) is 7.35. The van der Waals surface area contributed by atoms with E-state index in [4.69, 9.17) is 0 Å². The molecular weight excluding hydrogens is 416 g/mol. The van der Waals surface area contributed by atoms with Crippen LogP contribution in [0, 0.1) is 0 Å². The van der Waals surface area contributed by atoms with E-state index in [1.807, 2.05) is 42.5 Å². The summed E-state index contributed by atoms with van der Waals surface area (Å²) in [5.41, 5.74) is 5.57. The van der Waals surface area contributed by atoms with Crippen molar-refractivity contribution in [1.29, 1.82) is 0 Å². The summed E-state index contributed by atoms with van der Waals surface area (Å²) in [5.74, 6) is 0.00993. The fourth-order valence-corrected chi connectivity index (χ4v) is 5.53. The van der Waals surface area contributed by atoms with Crippen LogP contribution in [0.2, 0.25) is 0 Å². The molecule has 1 heterocycles. The molecule has 162 valence electrons. The lowest BCUT2D eigenvalue weighted by Crippen LogP contribution is -2.36. The van der Waals surface area contributed by atoms with Crippen molar-refractivity contribution in [2.45, 2.75) is 48.1 Å². The molecule has 2 saturated carbocycles. The largest absolute Gasteiger partial charge is 0.365 e. The quantitative estimate of drug-likeness (QED) is 0.479. The number of carbonyl (C=O) groups excluding carboxylic acids is 1. The van der Waals surface area contributed by atoms with Gasteiger partial charge in [0.15, 0.2) is 0 Å². The topological polar surface area (TPSA) is 52.6 Å². The van der Waals surface area contributed by atoms with Gasteiger partial charge in [-0.1, -0.05) is 54.6 Å². The monoisotopic (exact) mass is 442 g/mol. The van der Waals surface area contributed by atoms with Crippen LogP contribution in [0.5, 0.6) is 0 Å². The van der Waals surface area contributed by atoms with E-state index in [-0.39, 0.29) is 16.9 Å². The summed E-state index contributed by atoms with van der Waals surface area (Å²) in [4.78, 5) is 16.8. The van der Waals surface area contributed by atoms with Crippen LogP contribution in [0.25, 0.3) is 0 Å². The molecule has 0 saturated heterocycles. The number of nitrogens with one attached hydrogen (secondary N) is 1. The highest BCUT2D eigenvalue weighted by Gasteiger charge is 2.53. The fraction of sp³-hybridized carbons (Fsp3) is 0.296. The highest BCUT2D eigenvalue weighted by atomic mass is 32.2. The molecule has 0 unspecified atom stereocenters. The van der Waals surface area contributed by atoms with Crippen molar-refractivity contribution in [3.8, 4) is 0 Å². The van der Waals surface area contributed by atoms with Gasteiger partial charge >= 0.3 is 0 Å². The van der Waals surface area contributed by atoms with E-state index >= 15 is 0 Å². The SMILES string of the molecule is O=C(NC1(c2ccc(SO)cc2)CC1)c1cccc2c1N(Cc1ccccc1)CC21CC1. The van der Waals surface area contributed by atoms with Crippen LogP contribution < -0.4 is 10.2 Å². The highest BCUT2D eigenvalue weighted by molar-refractivity contribution is 7.93. The van der Waals surface area contributed by atoms with Crippen LogP contribution in [0.15, 0.2) is 77.7 Å². The second-order valence-electron chi connectivity index (χ2n) is 9.48. The summed E-state index contributed by atoms with van der Waals surface area (Å²) in [7, 11) is 0. The minimum Gasteiger partial charge on any atom is -0.365 e. The number of rotatable bonds is 6. The third kappa shape index (κ3) is 3.31. The molecule has 3 aliphatic rings. The van der Waals surface area contributed by atoms with Gasteiger partial charge in [-0.3, -0.25) is 4.79 Å². The summed E-state index contributed by atoms with van der Waals surface area (Å²) in [5, 5.41) is 3.36. The Morgan fingerprint density at radius 3 is 2.34 bits per heavy atom. The first kappa shape index (κ1) is 19.9. The lowest BCUT2D eigenvalue weighted by Gasteiger charge is -2.24. The molecule has 0 radical (unpaired) electrons. The van der Waals surface area contributed by atoms with Crippen molar-refractivity contribution in [2.75, 3.05) is 11.4 Å². The maximum absolute atomic E-state index is 13.6. The lowest BCUT2D eigenvalue weighted by atomic mass is 9.96. The highest BCUT2D eigenvalue weighted by Crippen LogP contribution is 2.57. The third-order valence-corrected chi connectivity index (χ3v) is 7.83. The molecule has 5 heteroatoms. The first-order valence-corrected chi connectivity index (χ1v) is 12.1. The van der Waals surface area contributed by atoms with E-state index < -0.39 is 0 Å². The van der Waals surface area contributed by atoms with Crippen LogP contribution in [-0.4, -0.2) is 17.0 Å². The molecule has 3 aromatic carbocycles. The normalized spacial score (nSPS) is 19.0. The first-order valence-electron chi connectivity index (χ1n) is 11.3. The number of nitrogens with zero attached hydrogens (tertiary/aromatic N) is 1. The van der Waals surface area contributed by atoms with Crippen molar-refractivity contribution in [2.24, 2.45) is 0 Å². The predicted octanol–water partition coefficient (Wildman–Crippen LogP) is 5.72. The lowest BCUT2D eigenvalue weighted by molar-refractivity contribution is 0.0931. The Hall–Kier alpha value is -2.76. The number of anilines is 1. The summed E-state index contributed by atoms with van der Waals surface area (Å²) in [6.45, 7) is 1.82. The van der Waals surface area contributed by atoms with Gasteiger partial charge in [0.2, 0.25) is 0 Å². The Kier molecular flexibility index (Phi) is 4.60. The number of hydrogen-bond acceptors (Lipinski definition) is 4. The van der Waals surface area contributed by atoms with Crippen LogP contribution in [0.1, 0.15) is 52.7 Å². The molecule has 0 aromatic heterocycles. The summed E-state index contributed by atoms with van der Waals surface area (Å²) in [6.07, 6.45) is 4.29. The first-order chi connectivity index (χ1) is 15.6. The average molecular weight is 443 g/mol. The molecule has 32 heavy (non-hydrogen) atoms. The molecule has 2 N–H and O–H groups in total. The zero-order valence-corrected chi connectivity index (χ0v) is 18.7. The van der Waals surface area contributed by atoms with Gasteiger partial charge in [0.05, 0.1) is 16.8 Å². The minimum absolute atomic E-state index is 0.00993. The van der Waals surface area contributed by atoms with Gasteiger partial charge in [-0.05, 0) is 60.6 Å². The second kappa shape index (κ2) is 7.39. The summed E-state index contributed by atoms with van der Waals surface area (Å²) >= 11 is 0.746. The van der Waals surface area contributed by atoms with Gasteiger partial charge in [0.25, 0.3) is 5.91 Å². The van der Waals surface area contributed by atoms with Crippen molar-refractivity contribution >= 4 is 23.6 Å². The van der Waals surface area contributed by atoms with Gasteiger partial charge in [-0.15, -0.1) is 0 Å². The molecule has 2 fully saturated rings. The Bertz CT molecular complexity index is 1170. The Morgan fingerprint density at radius 2 is 1.69 bits per heavy atom. The standard InChI is InChI=1S/C27H26N2O2S/c30-25(28-27(15-16-27)20-9-11-21(32-31)12-10-20)22-7-4-8-23-24(22)29(18-26(23)13-14-26)17-19-5-2-1-3-6-19/h1-12,31H,13-18H2,(H,28,30). The molecular formula is C27H26N2O2S. The van der Waals surface area contributed by atoms with E-state index in [1.165, 1.54) is 24.0 Å². The number of hydrogen-bond donors (Lipinski definition) is 2. The van der Waals surface area contributed by atoms with Gasteiger partial charge in [0, 0.05) is 35.4 Å². The maximum atomic E-state index is 13.6. The van der Waals surface area contributed by atoms with Crippen LogP contribution >= 0.6 is 12.0 Å². The molecule has 0 bridgehead atoms. The molecule has 1 spiro atoms. The van der Waals surface area contributed by atoms with Gasteiger partial charge in [0.1, 0.15) is 0 Å². The van der Waals surface area contributed by atoms with E-state index in [0.29, 0.717) is 0 Å². The zero-order valence-electron chi connectivity index (χ0n) is 17.9. The van der Waals surface area contributed by atoms with E-state index in [1.54, 1.807) is 0 Å². The van der Waals surface area contributed by atoms with Crippen molar-refractivity contribution in [3.63, 3.8) is 0 Å². The summed E-state index contributed by atoms with van der Waals surface area (Å²) < 4.78 is 9.25. The number of carbonyl (C=O) groups is 1. The molecule has 2 aliphatic carbocycles. The predicted molar refractivity (Wildman–Crippen MR) is 128 cm³/mol. The van der Waals surface area contributed by atoms with Crippen molar-refractivity contribution in [3.05, 3.63) is 95.1 Å². The van der Waals surface area contributed by atoms with Crippen molar-refractivity contribution < 1.29 is 9.35 Å². The molecule has 3 aromatic rings. The van der Waals surface area contributed by atoms with Gasteiger partial charge < -0.3 is 14.8 Å². The fourth-order valence-electron chi connectivity index (χ4n) is 5.27. The smallest absolute Gasteiger partial charge is 0.254 e. The Morgan fingerprint density at radius 1 is 0.938 bits per heavy atom. The van der Waals surface area contributed by atoms with Gasteiger partial charge in [-0.2, -0.15) is 0 Å². The molecule has 1 aliphatic heterocycles. The van der Waals surface area contributed by atoms with Crippen molar-refractivity contribution in [1.82, 2.24) is 5.32 Å². The molecule has 0 atom stereocenters. The minimum atomic E-state index is -0.293. The summed E-state index contributed by atoms with van der Waals surface area (Å²) in [6, 6.07) is 24.6. The van der Waals surface area contributed by atoms with E-state index in [2.05, 4.69) is 40.5 Å². The molecule has 4 nitrogen and oxygen atoms in total. The van der Waals surface area contributed by atoms with Crippen LogP contribution in [-0.2, 0) is 17.5 Å². The average Bonchev–Trinajstić information content (AvgIpc) is 3.75. The number of para-hydroxylation sites is 1. The Labute approximate surface area is 192 Å². The van der Waals surface area contributed by atoms with Gasteiger partial charge in [-0.25, -0.2) is 0 Å². The maximum Gasteiger partial charge on any atom is 0.254 e. The van der Waals surface area contributed by atoms with E-state index in [9.17, 15) is 9.35 Å². The number of benzene rings is 3. The number of amides is 1. The zero-order chi connectivity index (χ0) is 21.8. The second-order valence-corrected chi connectivity index (χ2v) is 10.1. The van der Waals surface area contributed by atoms with Crippen LogP contribution in [0.3, 0.4) is 0 Å².